The fourth-order valence-corrected chi connectivity index (χ4v) is 4.01. The topological polar surface area (TPSA) is 118 Å². The van der Waals surface area contributed by atoms with E-state index < -0.39 is 6.23 Å². The third-order valence-electron chi connectivity index (χ3n) is 4.89. The second-order valence-corrected chi connectivity index (χ2v) is 8.57. The smallest absolute Gasteiger partial charge is 0.282 e. The molecule has 0 saturated heterocycles. The molecule has 33 heavy (non-hydrogen) atoms. The number of aromatic nitrogens is 3. The van der Waals surface area contributed by atoms with Crippen LogP contribution in [0.25, 0.3) is 0 Å². The first-order valence-electron chi connectivity index (χ1n) is 10.8. The van der Waals surface area contributed by atoms with Gasteiger partial charge in [0.15, 0.2) is 0 Å². The number of hydrogen-bond donors (Lipinski definition) is 3. The molecule has 0 aliphatic carbocycles. The van der Waals surface area contributed by atoms with E-state index in [1.165, 1.54) is 17.4 Å². The molecular formula is C23H29N5O4S. The van der Waals surface area contributed by atoms with Crippen molar-refractivity contribution in [3.63, 3.8) is 0 Å². The van der Waals surface area contributed by atoms with Gasteiger partial charge in [-0.25, -0.2) is 0 Å². The molecule has 1 aromatic carbocycles. The molecule has 9 nitrogen and oxygen atoms in total. The van der Waals surface area contributed by atoms with Crippen LogP contribution in [0.2, 0.25) is 0 Å². The van der Waals surface area contributed by atoms with Gasteiger partial charge in [0.2, 0.25) is 5.01 Å². The normalized spacial score (nSPS) is 11.8. The van der Waals surface area contributed by atoms with Crippen molar-refractivity contribution < 1.29 is 14.6 Å². The highest BCUT2D eigenvalue weighted by Crippen LogP contribution is 2.13. The third kappa shape index (κ3) is 8.08. The summed E-state index contributed by atoms with van der Waals surface area (Å²) in [6, 6.07) is 13.0. The van der Waals surface area contributed by atoms with Crippen molar-refractivity contribution in [3.05, 3.63) is 74.6 Å². The Morgan fingerprint density at radius 1 is 1.21 bits per heavy atom. The van der Waals surface area contributed by atoms with Crippen LogP contribution >= 0.6 is 11.3 Å². The highest BCUT2D eigenvalue weighted by atomic mass is 32.1. The number of hydrogen-bond acceptors (Lipinski definition) is 8. The molecule has 3 aromatic rings. The van der Waals surface area contributed by atoms with E-state index in [0.717, 1.165) is 23.4 Å². The molecule has 1 atom stereocenters. The predicted octanol–water partition coefficient (Wildman–Crippen LogP) is 2.07. The van der Waals surface area contributed by atoms with Crippen LogP contribution in [0.15, 0.2) is 53.5 Å². The van der Waals surface area contributed by atoms with Crippen LogP contribution in [0.3, 0.4) is 0 Å². The number of anilines is 1. The van der Waals surface area contributed by atoms with Crippen LogP contribution in [-0.4, -0.2) is 52.3 Å². The fourth-order valence-electron chi connectivity index (χ4n) is 3.21. The number of methoxy groups -OCH3 is 1. The van der Waals surface area contributed by atoms with E-state index in [9.17, 15) is 14.7 Å². The lowest BCUT2D eigenvalue weighted by Crippen LogP contribution is -2.26. The van der Waals surface area contributed by atoms with Gasteiger partial charge < -0.3 is 25.0 Å². The number of carbonyl (C=O) groups excluding carboxylic acids is 1. The molecule has 176 valence electrons. The zero-order valence-electron chi connectivity index (χ0n) is 18.6. The van der Waals surface area contributed by atoms with Gasteiger partial charge in [0, 0.05) is 51.0 Å². The molecule has 1 unspecified atom stereocenters. The Kier molecular flexibility index (Phi) is 9.55. The summed E-state index contributed by atoms with van der Waals surface area (Å²) >= 11 is 1.28. The molecule has 0 aliphatic heterocycles. The van der Waals surface area contributed by atoms with E-state index in [-0.39, 0.29) is 11.5 Å². The van der Waals surface area contributed by atoms with Gasteiger partial charge in [-0.15, -0.1) is 10.2 Å². The summed E-state index contributed by atoms with van der Waals surface area (Å²) in [6.07, 6.45) is 3.71. The SMILES string of the molecule is COCCNC(=O)c1nnc(CCCCn2ccc(NC(O)Cc3ccccc3)cc2=O)s1. The summed E-state index contributed by atoms with van der Waals surface area (Å²) < 4.78 is 6.54. The Labute approximate surface area is 196 Å². The molecule has 3 rings (SSSR count). The second kappa shape index (κ2) is 12.8. The minimum Gasteiger partial charge on any atom is -0.383 e. The molecule has 3 N–H and O–H groups in total. The monoisotopic (exact) mass is 471 g/mol. The number of aliphatic hydroxyl groups excluding tert-OH is 1. The van der Waals surface area contributed by atoms with Crippen molar-refractivity contribution >= 4 is 22.9 Å². The number of rotatable bonds is 13. The summed E-state index contributed by atoms with van der Waals surface area (Å²) in [5, 5.41) is 25.1. The number of aryl methyl sites for hydroxylation is 2. The Morgan fingerprint density at radius 3 is 2.79 bits per heavy atom. The molecule has 0 fully saturated rings. The van der Waals surface area contributed by atoms with E-state index in [1.807, 2.05) is 30.3 Å². The standard InChI is InChI=1S/C23H29N5O4S/c1-32-14-11-24-22(31)23-27-26-20(33-23)9-5-6-12-28-13-10-18(16-21(28)30)25-19(29)15-17-7-3-2-4-8-17/h2-4,7-8,10,13,16,19,25,29H,5-6,9,11-12,14-15H2,1H3,(H,24,31). The van der Waals surface area contributed by atoms with Gasteiger partial charge in [0.05, 0.1) is 6.61 Å². The van der Waals surface area contributed by atoms with Gasteiger partial charge >= 0.3 is 0 Å². The summed E-state index contributed by atoms with van der Waals surface area (Å²) in [6.45, 7) is 1.45. The highest BCUT2D eigenvalue weighted by Gasteiger charge is 2.12. The molecule has 0 bridgehead atoms. The maximum absolute atomic E-state index is 12.4. The number of unbranched alkanes of at least 4 members (excludes halogenated alkanes) is 1. The Bertz CT molecular complexity index is 1070. The van der Waals surface area contributed by atoms with Crippen molar-refractivity contribution in [2.45, 2.75) is 38.5 Å². The van der Waals surface area contributed by atoms with Gasteiger partial charge in [0.25, 0.3) is 11.5 Å². The van der Waals surface area contributed by atoms with E-state index in [2.05, 4.69) is 20.8 Å². The van der Waals surface area contributed by atoms with Crippen LogP contribution < -0.4 is 16.2 Å². The van der Waals surface area contributed by atoms with Crippen molar-refractivity contribution in [2.24, 2.45) is 0 Å². The zero-order chi connectivity index (χ0) is 23.5. The first-order chi connectivity index (χ1) is 16.0. The van der Waals surface area contributed by atoms with Crippen LogP contribution in [0.4, 0.5) is 5.69 Å². The molecular weight excluding hydrogens is 442 g/mol. The molecule has 0 aliphatic rings. The Hall–Kier alpha value is -3.08. The average molecular weight is 472 g/mol. The highest BCUT2D eigenvalue weighted by molar-refractivity contribution is 7.13. The largest absolute Gasteiger partial charge is 0.383 e. The number of ether oxygens (including phenoxy) is 1. The molecule has 2 heterocycles. The van der Waals surface area contributed by atoms with E-state index in [1.54, 1.807) is 23.9 Å². The Balaban J connectivity index is 1.41. The maximum Gasteiger partial charge on any atom is 0.282 e. The van der Waals surface area contributed by atoms with Gasteiger partial charge in [-0.2, -0.15) is 0 Å². The number of carbonyl (C=O) groups is 1. The van der Waals surface area contributed by atoms with Gasteiger partial charge in [-0.1, -0.05) is 41.7 Å². The molecule has 0 spiro atoms. The number of pyridine rings is 1. The second-order valence-electron chi connectivity index (χ2n) is 7.50. The lowest BCUT2D eigenvalue weighted by Gasteiger charge is -2.15. The summed E-state index contributed by atoms with van der Waals surface area (Å²) in [5.41, 5.74) is 1.47. The first kappa shape index (κ1) is 24.6. The fraction of sp³-hybridized carbons (Fsp3) is 0.391. The molecule has 0 saturated carbocycles. The van der Waals surface area contributed by atoms with Crippen molar-refractivity contribution in [1.82, 2.24) is 20.1 Å². The molecule has 0 radical (unpaired) electrons. The lowest BCUT2D eigenvalue weighted by molar-refractivity contribution is 0.0936. The number of aliphatic hydroxyl groups is 1. The molecule has 2 aromatic heterocycles. The van der Waals surface area contributed by atoms with Gasteiger partial charge in [-0.3, -0.25) is 9.59 Å². The third-order valence-corrected chi connectivity index (χ3v) is 5.88. The van der Waals surface area contributed by atoms with E-state index in [0.29, 0.717) is 43.2 Å². The zero-order valence-corrected chi connectivity index (χ0v) is 19.4. The number of benzene rings is 1. The van der Waals surface area contributed by atoms with Gasteiger partial charge in [-0.05, 0) is 24.5 Å². The van der Waals surface area contributed by atoms with Crippen LogP contribution in [-0.2, 0) is 24.1 Å². The van der Waals surface area contributed by atoms with Crippen molar-refractivity contribution in [1.29, 1.82) is 0 Å². The van der Waals surface area contributed by atoms with Gasteiger partial charge in [0.1, 0.15) is 11.2 Å². The summed E-state index contributed by atoms with van der Waals surface area (Å²) in [5.74, 6) is -0.245. The average Bonchev–Trinajstić information content (AvgIpc) is 3.28. The molecule has 1 amide bonds. The van der Waals surface area contributed by atoms with E-state index in [4.69, 9.17) is 4.74 Å². The molecule has 10 heteroatoms. The van der Waals surface area contributed by atoms with E-state index >= 15 is 0 Å². The number of nitrogens with zero attached hydrogens (tertiary/aromatic N) is 3. The van der Waals surface area contributed by atoms with Crippen molar-refractivity contribution in [3.8, 4) is 0 Å². The van der Waals surface area contributed by atoms with Crippen LogP contribution in [0, 0.1) is 0 Å². The minimum atomic E-state index is -0.776. The minimum absolute atomic E-state index is 0.127. The quantitative estimate of drug-likeness (QED) is 0.258. The first-order valence-corrected chi connectivity index (χ1v) is 11.7. The number of amides is 1. The lowest BCUT2D eigenvalue weighted by atomic mass is 10.1. The summed E-state index contributed by atoms with van der Waals surface area (Å²) in [7, 11) is 1.58. The van der Waals surface area contributed by atoms with Crippen LogP contribution in [0.5, 0.6) is 0 Å². The number of nitrogens with one attached hydrogen (secondary N) is 2. The maximum atomic E-state index is 12.4. The predicted molar refractivity (Wildman–Crippen MR) is 128 cm³/mol. The van der Waals surface area contributed by atoms with Crippen molar-refractivity contribution in [2.75, 3.05) is 25.6 Å². The Morgan fingerprint density at radius 2 is 2.03 bits per heavy atom. The van der Waals surface area contributed by atoms with Crippen LogP contribution in [0.1, 0.15) is 33.2 Å². The summed E-state index contributed by atoms with van der Waals surface area (Å²) in [4.78, 5) is 24.4.